The van der Waals surface area contributed by atoms with Gasteiger partial charge in [-0.2, -0.15) is 5.21 Å². The quantitative estimate of drug-likeness (QED) is 0.379. The lowest BCUT2D eigenvalue weighted by atomic mass is 9.99. The first-order chi connectivity index (χ1) is 16.7. The highest BCUT2D eigenvalue weighted by atomic mass is 15.5. The van der Waals surface area contributed by atoms with Crippen LogP contribution in [0, 0.1) is 0 Å². The molecule has 3 heterocycles. The zero-order chi connectivity index (χ0) is 22.9. The Bertz CT molecular complexity index is 1600. The van der Waals surface area contributed by atoms with Crippen LogP contribution < -0.4 is 0 Å². The Balaban J connectivity index is 1.26. The third-order valence-corrected chi connectivity index (χ3v) is 6.39. The number of nitrogens with zero attached hydrogens (tertiary/aromatic N) is 5. The lowest BCUT2D eigenvalue weighted by Gasteiger charge is -2.06. The first-order valence-electron chi connectivity index (χ1n) is 11.5. The lowest BCUT2D eigenvalue weighted by Crippen LogP contribution is -1.95. The largest absolute Gasteiger partial charge is 0.350 e. The highest BCUT2D eigenvalue weighted by Gasteiger charge is 2.11. The van der Waals surface area contributed by atoms with E-state index in [0.717, 1.165) is 36.0 Å². The first kappa shape index (κ1) is 20.3. The normalized spacial score (nSPS) is 11.4. The molecule has 3 aromatic heterocycles. The fraction of sp³-hybridized carbons (Fsp3) is 0.143. The van der Waals surface area contributed by atoms with Gasteiger partial charge in [-0.25, -0.2) is 0 Å². The van der Waals surface area contributed by atoms with Gasteiger partial charge in [0.25, 0.3) is 0 Å². The fourth-order valence-electron chi connectivity index (χ4n) is 4.66. The van der Waals surface area contributed by atoms with Gasteiger partial charge >= 0.3 is 0 Å². The summed E-state index contributed by atoms with van der Waals surface area (Å²) in [5.74, 6) is 0.615. The van der Waals surface area contributed by atoms with E-state index in [1.807, 2.05) is 18.2 Å². The van der Waals surface area contributed by atoms with Gasteiger partial charge in [-0.15, -0.1) is 10.2 Å². The lowest BCUT2D eigenvalue weighted by molar-refractivity contribution is 0.881. The van der Waals surface area contributed by atoms with Gasteiger partial charge in [-0.05, 0) is 71.5 Å². The summed E-state index contributed by atoms with van der Waals surface area (Å²) in [6.07, 6.45) is 4.97. The molecule has 0 bridgehead atoms. The molecule has 0 amide bonds. The van der Waals surface area contributed by atoms with E-state index in [1.54, 1.807) is 0 Å². The minimum absolute atomic E-state index is 0.615. The minimum Gasteiger partial charge on any atom is -0.350 e. The molecule has 1 N–H and O–H groups in total. The number of H-pyrrole nitrogens is 1. The van der Waals surface area contributed by atoms with Crippen LogP contribution in [0.15, 0.2) is 85.1 Å². The fourth-order valence-corrected chi connectivity index (χ4v) is 4.66. The van der Waals surface area contributed by atoms with Gasteiger partial charge in [0.2, 0.25) is 5.82 Å². The molecule has 3 aromatic carbocycles. The van der Waals surface area contributed by atoms with Crippen molar-refractivity contribution >= 4 is 21.8 Å². The summed E-state index contributed by atoms with van der Waals surface area (Å²) in [6, 6.07) is 27.8. The van der Waals surface area contributed by atoms with Crippen molar-refractivity contribution in [3.05, 3.63) is 107 Å². The Labute approximate surface area is 197 Å². The molecule has 6 nitrogen and oxygen atoms in total. The van der Waals surface area contributed by atoms with Crippen molar-refractivity contribution < 1.29 is 0 Å². The summed E-state index contributed by atoms with van der Waals surface area (Å²) in [5.41, 5.74) is 8.27. The molecule has 0 fully saturated rings. The molecule has 0 atom stereocenters. The van der Waals surface area contributed by atoms with E-state index in [9.17, 15) is 0 Å². The van der Waals surface area contributed by atoms with Crippen LogP contribution in [0.2, 0.25) is 0 Å². The predicted molar refractivity (Wildman–Crippen MR) is 134 cm³/mol. The van der Waals surface area contributed by atoms with Crippen molar-refractivity contribution in [2.45, 2.75) is 19.3 Å². The summed E-state index contributed by atoms with van der Waals surface area (Å²) < 4.78 is 2.21. The maximum atomic E-state index is 4.84. The van der Waals surface area contributed by atoms with E-state index in [1.165, 1.54) is 33.0 Å². The van der Waals surface area contributed by atoms with Crippen molar-refractivity contribution in [1.29, 1.82) is 0 Å². The van der Waals surface area contributed by atoms with Gasteiger partial charge in [0.15, 0.2) is 0 Å². The maximum Gasteiger partial charge on any atom is 0.204 e. The number of aromatic nitrogens is 6. The van der Waals surface area contributed by atoms with E-state index in [2.05, 4.69) is 99.1 Å². The van der Waals surface area contributed by atoms with Crippen molar-refractivity contribution in [1.82, 2.24) is 30.2 Å². The summed E-state index contributed by atoms with van der Waals surface area (Å²) in [6.45, 7) is 0. The number of para-hydroxylation sites is 1. The molecule has 0 aliphatic heterocycles. The van der Waals surface area contributed by atoms with E-state index >= 15 is 0 Å². The third-order valence-electron chi connectivity index (χ3n) is 6.39. The van der Waals surface area contributed by atoms with Gasteiger partial charge in [0.1, 0.15) is 0 Å². The number of pyridine rings is 1. The van der Waals surface area contributed by atoms with E-state index in [4.69, 9.17) is 4.98 Å². The maximum absolute atomic E-state index is 4.84. The molecule has 0 saturated heterocycles. The molecule has 6 heteroatoms. The van der Waals surface area contributed by atoms with E-state index in [0.29, 0.717) is 5.82 Å². The van der Waals surface area contributed by atoms with Gasteiger partial charge < -0.3 is 4.57 Å². The number of fused-ring (bicyclic) bond motifs is 2. The number of benzene rings is 3. The average Bonchev–Trinajstić information content (AvgIpc) is 3.52. The number of aryl methyl sites for hydroxylation is 3. The Morgan fingerprint density at radius 2 is 1.79 bits per heavy atom. The zero-order valence-corrected chi connectivity index (χ0v) is 18.9. The molecule has 0 unspecified atom stereocenters. The highest BCUT2D eigenvalue weighted by Crippen LogP contribution is 2.26. The van der Waals surface area contributed by atoms with E-state index < -0.39 is 0 Å². The van der Waals surface area contributed by atoms with Crippen molar-refractivity contribution in [3.63, 3.8) is 0 Å². The van der Waals surface area contributed by atoms with Crippen LogP contribution in [-0.4, -0.2) is 30.2 Å². The SMILES string of the molecule is Cn1cc(Cc2cccc(-c3nn[nH]n3)c2)c2cc(CCc3ccc4ccccc4n3)ccc21. The number of hydrogen-bond acceptors (Lipinski definition) is 4. The van der Waals surface area contributed by atoms with Crippen molar-refractivity contribution in [2.24, 2.45) is 7.05 Å². The van der Waals surface area contributed by atoms with Crippen LogP contribution in [0.4, 0.5) is 0 Å². The van der Waals surface area contributed by atoms with Crippen LogP contribution in [0.5, 0.6) is 0 Å². The minimum atomic E-state index is 0.615. The second-order valence-corrected chi connectivity index (χ2v) is 8.72. The predicted octanol–water partition coefficient (Wildman–Crippen LogP) is 5.28. The first-order valence-corrected chi connectivity index (χ1v) is 11.5. The van der Waals surface area contributed by atoms with Crippen molar-refractivity contribution in [2.75, 3.05) is 0 Å². The van der Waals surface area contributed by atoms with Gasteiger partial charge in [0.05, 0.1) is 5.52 Å². The number of tetrazole rings is 1. The molecule has 6 aromatic rings. The van der Waals surface area contributed by atoms with Crippen LogP contribution in [-0.2, 0) is 26.3 Å². The topological polar surface area (TPSA) is 72.3 Å². The molecule has 0 aliphatic rings. The molecule has 0 aliphatic carbocycles. The Morgan fingerprint density at radius 3 is 2.71 bits per heavy atom. The Hall–Kier alpha value is -4.32. The second-order valence-electron chi connectivity index (χ2n) is 8.72. The zero-order valence-electron chi connectivity index (χ0n) is 18.9. The molecule has 6 rings (SSSR count). The Morgan fingerprint density at radius 1 is 0.853 bits per heavy atom. The standard InChI is InChI=1S/C28H24N6/c1-34-18-23(16-20-5-4-7-22(15-20)28-30-32-33-31-28)25-17-19(10-14-27(25)34)9-12-24-13-11-21-6-2-3-8-26(21)29-24/h2-8,10-11,13-15,17-18H,9,12,16H2,1H3,(H,30,31,32,33). The van der Waals surface area contributed by atoms with Crippen LogP contribution in [0.1, 0.15) is 22.4 Å². The molecule has 0 radical (unpaired) electrons. The molecule has 0 saturated carbocycles. The van der Waals surface area contributed by atoms with Gasteiger partial charge in [-0.1, -0.05) is 48.5 Å². The number of aromatic amines is 1. The van der Waals surface area contributed by atoms with Gasteiger partial charge in [0, 0.05) is 40.8 Å². The molecular weight excluding hydrogens is 420 g/mol. The monoisotopic (exact) mass is 444 g/mol. The number of rotatable bonds is 6. The summed E-state index contributed by atoms with van der Waals surface area (Å²) >= 11 is 0. The van der Waals surface area contributed by atoms with Crippen LogP contribution in [0.25, 0.3) is 33.2 Å². The van der Waals surface area contributed by atoms with Gasteiger partial charge in [-0.3, -0.25) is 4.98 Å². The average molecular weight is 445 g/mol. The highest BCUT2D eigenvalue weighted by molar-refractivity contribution is 5.85. The second kappa shape index (κ2) is 8.56. The van der Waals surface area contributed by atoms with Crippen LogP contribution in [0.3, 0.4) is 0 Å². The molecule has 34 heavy (non-hydrogen) atoms. The summed E-state index contributed by atoms with van der Waals surface area (Å²) in [5, 5.41) is 16.9. The number of hydrogen-bond donors (Lipinski definition) is 1. The van der Waals surface area contributed by atoms with Crippen molar-refractivity contribution in [3.8, 4) is 11.4 Å². The number of nitrogens with one attached hydrogen (secondary N) is 1. The summed E-state index contributed by atoms with van der Waals surface area (Å²) in [4.78, 5) is 4.84. The summed E-state index contributed by atoms with van der Waals surface area (Å²) in [7, 11) is 2.11. The third kappa shape index (κ3) is 3.94. The molecule has 0 spiro atoms. The van der Waals surface area contributed by atoms with E-state index in [-0.39, 0.29) is 0 Å². The Kier molecular flexibility index (Phi) is 5.11. The molecule has 166 valence electrons. The van der Waals surface area contributed by atoms with Crippen LogP contribution >= 0.6 is 0 Å². The smallest absolute Gasteiger partial charge is 0.204 e. The molecular formula is C28H24N6.